The largest absolute Gasteiger partial charge is 0.475 e. The molecule has 2 fully saturated rings. The quantitative estimate of drug-likeness (QED) is 0.401. The highest BCUT2D eigenvalue weighted by Gasteiger charge is 2.36. The summed E-state index contributed by atoms with van der Waals surface area (Å²) in [6.07, 6.45) is 1.52. The van der Waals surface area contributed by atoms with Crippen LogP contribution in [-0.4, -0.2) is 66.1 Å². The zero-order chi connectivity index (χ0) is 11.5. The first-order valence-corrected chi connectivity index (χ1v) is 5.78. The number of likely N-dealkylation sites (tertiary alicyclic amines) is 1. The van der Waals surface area contributed by atoms with E-state index >= 15 is 0 Å². The first-order valence-electron chi connectivity index (χ1n) is 5.78. The number of hydrogen-bond acceptors (Lipinski definition) is 5. The number of carbonyl (C=O) groups excluding carboxylic acids is 1. The summed E-state index contributed by atoms with van der Waals surface area (Å²) in [6, 6.07) is 0.379. The molecule has 0 saturated carbocycles. The molecule has 4 N–H and O–H groups in total. The standard InChI is InChI=1S/C9H18BN3O3/c14-9(6-12-7-4-11-5-7)13-3-1-2-8(13)10(15)16/h7-8,11-12,15-16H,1-6H2/t8-/m0/s1. The normalized spacial score (nSPS) is 25.6. The molecule has 2 aliphatic heterocycles. The zero-order valence-electron chi connectivity index (χ0n) is 9.22. The van der Waals surface area contributed by atoms with Crippen molar-refractivity contribution in [2.45, 2.75) is 24.8 Å². The summed E-state index contributed by atoms with van der Waals surface area (Å²) in [4.78, 5) is 13.4. The Labute approximate surface area is 95.1 Å². The number of amides is 1. The maximum absolute atomic E-state index is 11.8. The molecule has 0 aromatic rings. The molecular weight excluding hydrogens is 209 g/mol. The topological polar surface area (TPSA) is 84.8 Å². The Morgan fingerprint density at radius 1 is 1.50 bits per heavy atom. The van der Waals surface area contributed by atoms with Gasteiger partial charge in [0.15, 0.2) is 0 Å². The van der Waals surface area contributed by atoms with Crippen LogP contribution in [0.1, 0.15) is 12.8 Å². The Morgan fingerprint density at radius 2 is 2.25 bits per heavy atom. The van der Waals surface area contributed by atoms with Crippen molar-refractivity contribution in [3.8, 4) is 0 Å². The number of nitrogens with one attached hydrogen (secondary N) is 2. The number of rotatable bonds is 4. The summed E-state index contributed by atoms with van der Waals surface area (Å²) >= 11 is 0. The highest BCUT2D eigenvalue weighted by Crippen LogP contribution is 2.17. The molecule has 0 spiro atoms. The fourth-order valence-corrected chi connectivity index (χ4v) is 2.18. The predicted octanol–water partition coefficient (Wildman–Crippen LogP) is -2.45. The van der Waals surface area contributed by atoms with Gasteiger partial charge in [-0.2, -0.15) is 0 Å². The van der Waals surface area contributed by atoms with Crippen LogP contribution in [0.5, 0.6) is 0 Å². The molecule has 2 rings (SSSR count). The molecule has 0 aliphatic carbocycles. The van der Waals surface area contributed by atoms with Gasteiger partial charge < -0.3 is 25.6 Å². The van der Waals surface area contributed by atoms with Crippen molar-refractivity contribution in [2.75, 3.05) is 26.2 Å². The molecule has 6 nitrogen and oxygen atoms in total. The molecule has 1 atom stereocenters. The van der Waals surface area contributed by atoms with Crippen molar-refractivity contribution < 1.29 is 14.8 Å². The molecule has 0 unspecified atom stereocenters. The molecule has 90 valence electrons. The van der Waals surface area contributed by atoms with Crippen LogP contribution in [0.2, 0.25) is 0 Å². The van der Waals surface area contributed by atoms with Gasteiger partial charge in [-0.3, -0.25) is 4.79 Å². The van der Waals surface area contributed by atoms with Crippen LogP contribution in [0.3, 0.4) is 0 Å². The summed E-state index contributed by atoms with van der Waals surface area (Å²) in [5.74, 6) is -0.462. The van der Waals surface area contributed by atoms with Gasteiger partial charge >= 0.3 is 7.12 Å². The second kappa shape index (κ2) is 5.14. The van der Waals surface area contributed by atoms with E-state index < -0.39 is 13.1 Å². The van der Waals surface area contributed by atoms with Gasteiger partial charge in [0.05, 0.1) is 12.5 Å². The second-order valence-corrected chi connectivity index (χ2v) is 4.45. The average molecular weight is 227 g/mol. The predicted molar refractivity (Wildman–Crippen MR) is 59.6 cm³/mol. The van der Waals surface area contributed by atoms with E-state index in [-0.39, 0.29) is 12.5 Å². The van der Waals surface area contributed by atoms with Gasteiger partial charge in [0, 0.05) is 25.7 Å². The van der Waals surface area contributed by atoms with Crippen LogP contribution in [0.25, 0.3) is 0 Å². The molecule has 2 saturated heterocycles. The summed E-state index contributed by atoms with van der Waals surface area (Å²) in [6.45, 7) is 2.72. The number of carbonyl (C=O) groups is 1. The average Bonchev–Trinajstić information content (AvgIpc) is 2.63. The lowest BCUT2D eigenvalue weighted by Crippen LogP contribution is -2.58. The third-order valence-corrected chi connectivity index (χ3v) is 3.29. The van der Waals surface area contributed by atoms with Gasteiger partial charge in [-0.15, -0.1) is 0 Å². The van der Waals surface area contributed by atoms with E-state index in [9.17, 15) is 4.79 Å². The van der Waals surface area contributed by atoms with Crippen LogP contribution >= 0.6 is 0 Å². The molecule has 16 heavy (non-hydrogen) atoms. The number of hydrogen-bond donors (Lipinski definition) is 4. The molecular formula is C9H18BN3O3. The molecule has 0 aromatic carbocycles. The SMILES string of the molecule is O=C(CNC1CNC1)N1CCC[C@H]1B(O)O. The smallest absolute Gasteiger partial charge is 0.426 e. The first-order chi connectivity index (χ1) is 7.68. The van der Waals surface area contributed by atoms with E-state index in [4.69, 9.17) is 10.0 Å². The number of nitrogens with zero attached hydrogens (tertiary/aromatic N) is 1. The van der Waals surface area contributed by atoms with Crippen molar-refractivity contribution in [2.24, 2.45) is 0 Å². The van der Waals surface area contributed by atoms with Crippen LogP contribution in [0.15, 0.2) is 0 Å². The molecule has 0 aromatic heterocycles. The van der Waals surface area contributed by atoms with Crippen LogP contribution < -0.4 is 10.6 Å². The minimum atomic E-state index is -1.42. The van der Waals surface area contributed by atoms with Gasteiger partial charge in [-0.1, -0.05) is 0 Å². The van der Waals surface area contributed by atoms with Crippen molar-refractivity contribution in [1.29, 1.82) is 0 Å². The van der Waals surface area contributed by atoms with Gasteiger partial charge in [-0.25, -0.2) is 0 Å². The van der Waals surface area contributed by atoms with Crippen molar-refractivity contribution in [1.82, 2.24) is 15.5 Å². The summed E-state index contributed by atoms with van der Waals surface area (Å²) in [7, 11) is -1.42. The van der Waals surface area contributed by atoms with Crippen molar-refractivity contribution in [3.05, 3.63) is 0 Å². The summed E-state index contributed by atoms with van der Waals surface area (Å²) in [5.41, 5.74) is 0. The van der Waals surface area contributed by atoms with Crippen LogP contribution in [-0.2, 0) is 4.79 Å². The molecule has 2 aliphatic rings. The lowest BCUT2D eigenvalue weighted by Gasteiger charge is -2.30. The lowest BCUT2D eigenvalue weighted by molar-refractivity contribution is -0.130. The molecule has 0 bridgehead atoms. The van der Waals surface area contributed by atoms with Crippen LogP contribution in [0.4, 0.5) is 0 Å². The molecule has 1 amide bonds. The maximum atomic E-state index is 11.8. The van der Waals surface area contributed by atoms with E-state index in [1.165, 1.54) is 0 Å². The Balaban J connectivity index is 1.78. The van der Waals surface area contributed by atoms with E-state index in [2.05, 4.69) is 10.6 Å². The van der Waals surface area contributed by atoms with Gasteiger partial charge in [-0.05, 0) is 12.8 Å². The Hall–Kier alpha value is -0.625. The first kappa shape index (κ1) is 11.8. The highest BCUT2D eigenvalue weighted by molar-refractivity contribution is 6.43. The summed E-state index contributed by atoms with van der Waals surface area (Å²) < 4.78 is 0. The zero-order valence-corrected chi connectivity index (χ0v) is 9.22. The third kappa shape index (κ3) is 2.54. The molecule has 2 heterocycles. The fraction of sp³-hybridized carbons (Fsp3) is 0.889. The molecule has 7 heteroatoms. The van der Waals surface area contributed by atoms with E-state index in [1.807, 2.05) is 0 Å². The fourth-order valence-electron chi connectivity index (χ4n) is 2.18. The van der Waals surface area contributed by atoms with Crippen LogP contribution in [0, 0.1) is 0 Å². The summed E-state index contributed by atoms with van der Waals surface area (Å²) in [5, 5.41) is 24.5. The van der Waals surface area contributed by atoms with Crippen molar-refractivity contribution in [3.63, 3.8) is 0 Å². The van der Waals surface area contributed by atoms with E-state index in [0.29, 0.717) is 19.0 Å². The van der Waals surface area contributed by atoms with E-state index in [1.54, 1.807) is 4.90 Å². The van der Waals surface area contributed by atoms with Crippen molar-refractivity contribution >= 4 is 13.0 Å². The minimum absolute atomic E-state index is 0.0394. The van der Waals surface area contributed by atoms with Gasteiger partial charge in [0.1, 0.15) is 0 Å². The molecule has 0 radical (unpaired) electrons. The Morgan fingerprint density at radius 3 is 2.81 bits per heavy atom. The van der Waals surface area contributed by atoms with Gasteiger partial charge in [0.2, 0.25) is 5.91 Å². The maximum Gasteiger partial charge on any atom is 0.475 e. The Bertz CT molecular complexity index is 260. The Kier molecular flexibility index (Phi) is 3.80. The third-order valence-electron chi connectivity index (χ3n) is 3.29. The van der Waals surface area contributed by atoms with E-state index in [0.717, 1.165) is 19.5 Å². The van der Waals surface area contributed by atoms with Gasteiger partial charge in [0.25, 0.3) is 0 Å². The highest BCUT2D eigenvalue weighted by atomic mass is 16.4. The second-order valence-electron chi connectivity index (χ2n) is 4.45. The lowest BCUT2D eigenvalue weighted by atomic mass is 9.78. The monoisotopic (exact) mass is 227 g/mol. The minimum Gasteiger partial charge on any atom is -0.426 e.